The van der Waals surface area contributed by atoms with E-state index in [1.807, 2.05) is 56.3 Å². The van der Waals surface area contributed by atoms with Gasteiger partial charge in [0.15, 0.2) is 0 Å². The fourth-order valence-electron chi connectivity index (χ4n) is 7.38. The number of carbonyl (C=O) groups is 1. The fraction of sp³-hybridized carbons (Fsp3) is 0.576. The molecule has 6 heterocycles. The minimum atomic E-state index is -0.519. The molecule has 1 aromatic carbocycles. The molecular weight excluding hydrogens is 578 g/mol. The lowest BCUT2D eigenvalue weighted by atomic mass is 10.0. The molecule has 0 saturated carbocycles. The highest BCUT2D eigenvalue weighted by atomic mass is 35.5. The third-order valence-corrected chi connectivity index (χ3v) is 9.85. The van der Waals surface area contributed by atoms with Crippen molar-refractivity contribution in [1.82, 2.24) is 24.8 Å². The number of carbonyl (C=O) groups excluding carboxylic acids is 1. The molecule has 3 fully saturated rings. The van der Waals surface area contributed by atoms with Gasteiger partial charge in [-0.05, 0) is 72.5 Å². The third kappa shape index (κ3) is 5.62. The van der Waals surface area contributed by atoms with Gasteiger partial charge in [-0.1, -0.05) is 23.7 Å². The Morgan fingerprint density at radius 1 is 1.05 bits per heavy atom. The van der Waals surface area contributed by atoms with Crippen molar-refractivity contribution in [2.24, 2.45) is 0 Å². The van der Waals surface area contributed by atoms with Crippen LogP contribution >= 0.6 is 11.6 Å². The summed E-state index contributed by atoms with van der Waals surface area (Å²) in [5.41, 5.74) is 2.63. The van der Waals surface area contributed by atoms with Crippen LogP contribution in [0.1, 0.15) is 57.7 Å². The van der Waals surface area contributed by atoms with E-state index in [-0.39, 0.29) is 18.2 Å². The lowest BCUT2D eigenvalue weighted by molar-refractivity contribution is 0.0122. The first-order valence-electron chi connectivity index (χ1n) is 15.9. The van der Waals surface area contributed by atoms with Crippen LogP contribution < -0.4 is 14.5 Å². The number of amides is 1. The number of anilines is 2. The number of rotatable bonds is 5. The molecule has 4 aliphatic rings. The van der Waals surface area contributed by atoms with Crippen LogP contribution in [0.25, 0.3) is 10.8 Å². The average molecular weight is 620 g/mol. The molecule has 2 aromatic heterocycles. The van der Waals surface area contributed by atoms with E-state index in [0.29, 0.717) is 25.2 Å². The Morgan fingerprint density at radius 2 is 1.84 bits per heavy atom. The monoisotopic (exact) mass is 619 g/mol. The van der Waals surface area contributed by atoms with Gasteiger partial charge in [-0.2, -0.15) is 9.97 Å². The number of likely N-dealkylation sites (N-methyl/N-ethyl adjacent to an activating group) is 1. The van der Waals surface area contributed by atoms with Gasteiger partial charge < -0.3 is 24.2 Å². The van der Waals surface area contributed by atoms with E-state index < -0.39 is 5.60 Å². The van der Waals surface area contributed by atoms with E-state index in [9.17, 15) is 4.79 Å². The maximum absolute atomic E-state index is 13.1. The summed E-state index contributed by atoms with van der Waals surface area (Å²) in [6.45, 7) is 10.3. The summed E-state index contributed by atoms with van der Waals surface area (Å²) >= 11 is 6.70. The third-order valence-electron chi connectivity index (χ3n) is 9.54. The fourth-order valence-corrected chi connectivity index (χ4v) is 7.66. The maximum Gasteiger partial charge on any atom is 0.410 e. The number of fused-ring (bicyclic) bond motifs is 4. The Morgan fingerprint density at radius 3 is 2.57 bits per heavy atom. The number of hydrogen-bond acceptors (Lipinski definition) is 9. The predicted octanol–water partition coefficient (Wildman–Crippen LogP) is 5.30. The van der Waals surface area contributed by atoms with Crippen LogP contribution in [0, 0.1) is 0 Å². The van der Waals surface area contributed by atoms with Gasteiger partial charge in [0.05, 0.1) is 41.2 Å². The number of halogens is 1. The Balaban J connectivity index is 1.20. The molecule has 0 unspecified atom stereocenters. The second kappa shape index (κ2) is 11.5. The molecule has 1 amide bonds. The van der Waals surface area contributed by atoms with E-state index in [4.69, 9.17) is 31.0 Å². The molecule has 2 bridgehead atoms. The summed E-state index contributed by atoms with van der Waals surface area (Å²) in [5, 5.41) is 2.75. The number of aromatic nitrogens is 3. The minimum Gasteiger partial charge on any atom is -0.462 e. The molecule has 0 spiro atoms. The van der Waals surface area contributed by atoms with Crippen LogP contribution in [-0.4, -0.2) is 94.4 Å². The summed E-state index contributed by atoms with van der Waals surface area (Å²) in [6, 6.07) is 6.92. The molecule has 0 radical (unpaired) electrons. The number of likely N-dealkylation sites (tertiary alicyclic amines) is 1. The highest BCUT2D eigenvalue weighted by Gasteiger charge is 2.45. The lowest BCUT2D eigenvalue weighted by Gasteiger charge is -2.43. The van der Waals surface area contributed by atoms with Crippen molar-refractivity contribution >= 4 is 40.0 Å². The Labute approximate surface area is 264 Å². The summed E-state index contributed by atoms with van der Waals surface area (Å²) in [6.07, 6.45) is 8.58. The Kier molecular flexibility index (Phi) is 7.69. The summed E-state index contributed by atoms with van der Waals surface area (Å²) in [4.78, 5) is 36.8. The molecule has 44 heavy (non-hydrogen) atoms. The van der Waals surface area contributed by atoms with Gasteiger partial charge in [-0.15, -0.1) is 0 Å². The zero-order chi connectivity index (χ0) is 30.6. The van der Waals surface area contributed by atoms with Crippen LogP contribution in [0.5, 0.6) is 6.01 Å². The quantitative estimate of drug-likeness (QED) is 0.377. The van der Waals surface area contributed by atoms with Crippen LogP contribution in [0.3, 0.4) is 0 Å². The van der Waals surface area contributed by atoms with Crippen molar-refractivity contribution in [2.75, 3.05) is 49.6 Å². The number of benzene rings is 1. The molecule has 10 nitrogen and oxygen atoms in total. The van der Waals surface area contributed by atoms with Crippen molar-refractivity contribution in [1.29, 1.82) is 0 Å². The zero-order valence-electron chi connectivity index (χ0n) is 26.1. The second-order valence-corrected chi connectivity index (χ2v) is 14.1. The molecule has 11 heteroatoms. The molecule has 3 atom stereocenters. The van der Waals surface area contributed by atoms with Gasteiger partial charge in [0.25, 0.3) is 0 Å². The smallest absolute Gasteiger partial charge is 0.410 e. The van der Waals surface area contributed by atoms with E-state index in [0.717, 1.165) is 90.4 Å². The summed E-state index contributed by atoms with van der Waals surface area (Å²) < 4.78 is 12.1. The van der Waals surface area contributed by atoms with E-state index in [1.165, 1.54) is 6.42 Å². The van der Waals surface area contributed by atoms with E-state index >= 15 is 0 Å². The van der Waals surface area contributed by atoms with E-state index in [1.54, 1.807) is 0 Å². The normalized spacial score (nSPS) is 23.8. The largest absolute Gasteiger partial charge is 0.462 e. The van der Waals surface area contributed by atoms with Gasteiger partial charge >= 0.3 is 12.1 Å². The van der Waals surface area contributed by atoms with E-state index in [2.05, 4.69) is 26.7 Å². The van der Waals surface area contributed by atoms with Crippen molar-refractivity contribution in [3.05, 3.63) is 46.9 Å². The number of nitrogens with zero attached hydrogens (tertiary/aromatic N) is 7. The second-order valence-electron chi connectivity index (χ2n) is 13.7. The van der Waals surface area contributed by atoms with Crippen molar-refractivity contribution in [3.8, 4) is 6.01 Å². The Hall–Kier alpha value is -3.37. The van der Waals surface area contributed by atoms with Gasteiger partial charge in [-0.3, -0.25) is 9.88 Å². The minimum absolute atomic E-state index is 0.0923. The summed E-state index contributed by atoms with van der Waals surface area (Å²) in [5.74, 6) is 0.944. The summed E-state index contributed by atoms with van der Waals surface area (Å²) in [7, 11) is 2.15. The van der Waals surface area contributed by atoms with Gasteiger partial charge in [0, 0.05) is 48.2 Å². The molecule has 0 N–H and O–H groups in total. The van der Waals surface area contributed by atoms with Gasteiger partial charge in [0.1, 0.15) is 18.0 Å². The number of pyridine rings is 1. The van der Waals surface area contributed by atoms with Gasteiger partial charge in [0.2, 0.25) is 0 Å². The highest BCUT2D eigenvalue weighted by molar-refractivity contribution is 6.36. The topological polar surface area (TPSA) is 87.2 Å². The first kappa shape index (κ1) is 29.3. The number of ether oxygens (including phenoxy) is 2. The molecule has 234 valence electrons. The zero-order valence-corrected chi connectivity index (χ0v) is 26.9. The number of piperazine rings is 1. The first-order valence-corrected chi connectivity index (χ1v) is 16.3. The molecular formula is C33H42ClN7O3. The molecule has 0 aliphatic carbocycles. The standard InChI is InChI=1S/C33H42ClN7O3/c1-33(2,3)44-32(42)41-22-10-11-23(41)18-40(17-22)30-25-12-14-39(28-16-35-15-21-7-5-9-26(34)29(21)28)19-27(25)36-31(37-30)43-20-24-8-6-13-38(24)4/h5,7,9,15-16,22-24H,6,8,10-14,17-20H2,1-4H3/t22-,23+,24-/m0/s1. The van der Waals surface area contributed by atoms with Crippen molar-refractivity contribution in [2.45, 2.75) is 83.1 Å². The number of hydrogen-bond donors (Lipinski definition) is 0. The van der Waals surface area contributed by atoms with Crippen molar-refractivity contribution in [3.63, 3.8) is 0 Å². The lowest BCUT2D eigenvalue weighted by Crippen LogP contribution is -2.57. The van der Waals surface area contributed by atoms with Crippen LogP contribution in [0.2, 0.25) is 5.02 Å². The highest BCUT2D eigenvalue weighted by Crippen LogP contribution is 2.39. The van der Waals surface area contributed by atoms with Crippen LogP contribution in [0.4, 0.5) is 16.3 Å². The maximum atomic E-state index is 13.1. The molecule has 3 saturated heterocycles. The van der Waals surface area contributed by atoms with Crippen LogP contribution in [-0.2, 0) is 17.7 Å². The predicted molar refractivity (Wildman–Crippen MR) is 172 cm³/mol. The SMILES string of the molecule is CN1CCC[C@H]1COc1nc2c(c(N3C[C@H]4CC[C@@H](C3)N4C(=O)OC(C)(C)C)n1)CCN(c1cncc3cccc(Cl)c13)C2. The van der Waals surface area contributed by atoms with Gasteiger partial charge in [-0.25, -0.2) is 4.79 Å². The average Bonchev–Trinajstić information content (AvgIpc) is 3.52. The molecule has 7 rings (SSSR count). The molecule has 4 aliphatic heterocycles. The van der Waals surface area contributed by atoms with Crippen LogP contribution in [0.15, 0.2) is 30.6 Å². The first-order chi connectivity index (χ1) is 21.1. The Bertz CT molecular complexity index is 1540. The van der Waals surface area contributed by atoms with Crippen molar-refractivity contribution < 1.29 is 14.3 Å². The molecule has 3 aromatic rings.